The summed E-state index contributed by atoms with van der Waals surface area (Å²) in [5.74, 6) is 0.994. The summed E-state index contributed by atoms with van der Waals surface area (Å²) < 4.78 is 0. The van der Waals surface area contributed by atoms with E-state index in [0.29, 0.717) is 11.8 Å². The normalized spacial score (nSPS) is 13.7. The Labute approximate surface area is 181 Å². The van der Waals surface area contributed by atoms with E-state index in [1.54, 1.807) is 0 Å². The van der Waals surface area contributed by atoms with E-state index in [4.69, 9.17) is 0 Å². The van der Waals surface area contributed by atoms with Crippen molar-refractivity contribution in [2.24, 2.45) is 0 Å². The first-order valence-corrected chi connectivity index (χ1v) is 11.2. The Hall–Kier alpha value is -2.60. The molecule has 0 radical (unpaired) electrons. The van der Waals surface area contributed by atoms with Crippen molar-refractivity contribution < 1.29 is 0 Å². The number of rotatable bonds is 2. The minimum Gasteiger partial charge on any atom is -0.0689 e. The van der Waals surface area contributed by atoms with Crippen molar-refractivity contribution in [3.05, 3.63) is 103 Å². The van der Waals surface area contributed by atoms with Crippen LogP contribution in [0.25, 0.3) is 11.1 Å². The Balaban J connectivity index is 2.58. The van der Waals surface area contributed by atoms with Crippen LogP contribution >= 0.6 is 0 Å². The lowest BCUT2D eigenvalue weighted by molar-refractivity contribution is 0.855. The summed E-state index contributed by atoms with van der Waals surface area (Å²) in [5, 5.41) is 7.97. The van der Waals surface area contributed by atoms with Gasteiger partial charge in [-0.2, -0.15) is 0 Å². The van der Waals surface area contributed by atoms with Crippen LogP contribution in [0.2, 0.25) is 0 Å². The molecule has 0 aromatic heterocycles. The monoisotopic (exact) mass is 396 g/mol. The first kappa shape index (κ1) is 22.1. The van der Waals surface area contributed by atoms with Crippen LogP contribution in [-0.2, 0) is 0 Å². The van der Waals surface area contributed by atoms with Gasteiger partial charge in [0, 0.05) is 0 Å². The predicted molar refractivity (Wildman–Crippen MR) is 132 cm³/mol. The van der Waals surface area contributed by atoms with E-state index in [1.165, 1.54) is 53.6 Å². The maximum absolute atomic E-state index is 2.40. The van der Waals surface area contributed by atoms with Crippen molar-refractivity contribution in [1.82, 2.24) is 0 Å². The van der Waals surface area contributed by atoms with Crippen molar-refractivity contribution in [3.63, 3.8) is 0 Å². The molecule has 0 saturated carbocycles. The zero-order valence-corrected chi connectivity index (χ0v) is 19.9. The first-order chi connectivity index (χ1) is 14.2. The van der Waals surface area contributed by atoms with Gasteiger partial charge in [0.15, 0.2) is 0 Å². The maximum atomic E-state index is 2.40. The van der Waals surface area contributed by atoms with E-state index in [1.807, 2.05) is 0 Å². The molecule has 0 N–H and O–H groups in total. The van der Waals surface area contributed by atoms with Gasteiger partial charge in [-0.3, -0.25) is 0 Å². The van der Waals surface area contributed by atoms with Gasteiger partial charge in [0.1, 0.15) is 0 Å². The van der Waals surface area contributed by atoms with Gasteiger partial charge in [-0.25, -0.2) is 0 Å². The molecule has 3 aromatic rings. The van der Waals surface area contributed by atoms with Crippen molar-refractivity contribution >= 4 is 11.1 Å². The molecule has 30 heavy (non-hydrogen) atoms. The van der Waals surface area contributed by atoms with Gasteiger partial charge >= 0.3 is 0 Å². The number of benzene rings is 3. The van der Waals surface area contributed by atoms with Gasteiger partial charge in [0.05, 0.1) is 0 Å². The van der Waals surface area contributed by atoms with Gasteiger partial charge in [0.25, 0.3) is 0 Å². The molecule has 0 spiro atoms. The summed E-state index contributed by atoms with van der Waals surface area (Å²) in [4.78, 5) is 0. The molecule has 0 fully saturated rings. The third kappa shape index (κ3) is 4.43. The summed E-state index contributed by atoms with van der Waals surface area (Å²) in [6, 6.07) is 22.8. The average Bonchev–Trinajstić information content (AvgIpc) is 2.72. The second-order valence-electron chi connectivity index (χ2n) is 9.46. The first-order valence-electron chi connectivity index (χ1n) is 11.2. The average molecular weight is 397 g/mol. The molecule has 0 amide bonds. The summed E-state index contributed by atoms with van der Waals surface area (Å²) in [6.45, 7) is 18.0. The molecule has 3 aromatic carbocycles. The van der Waals surface area contributed by atoms with Crippen molar-refractivity contribution in [3.8, 4) is 0 Å². The lowest BCUT2D eigenvalue weighted by Crippen LogP contribution is -2.12. The van der Waals surface area contributed by atoms with E-state index < -0.39 is 0 Å². The molecule has 3 rings (SSSR count). The summed E-state index contributed by atoms with van der Waals surface area (Å²) in [7, 11) is 0. The smallest absolute Gasteiger partial charge is 0.0105 e. The van der Waals surface area contributed by atoms with Crippen LogP contribution in [0, 0.1) is 20.9 Å². The minimum absolute atomic E-state index is 0.497. The molecule has 0 heteroatoms. The van der Waals surface area contributed by atoms with Crippen molar-refractivity contribution in [2.45, 2.75) is 67.2 Å². The molecule has 0 unspecified atom stereocenters. The standard InChI is InChI=1S/C30H36/c1-19(2)25-15-13-23(17-29(25)21(5)6)27-11-9-10-12-28(27)24-14-16-26(20(3)4)30(18-24)22(7)8/h9-18,21-22H,1-8H3/b27-23-,28-24+. The zero-order chi connectivity index (χ0) is 22.0. The Kier molecular flexibility index (Phi) is 6.66. The molecule has 0 nitrogen and oxygen atoms in total. The molecular formula is C30H36. The predicted octanol–water partition coefficient (Wildman–Crippen LogP) is 6.89. The molecule has 156 valence electrons. The lowest BCUT2D eigenvalue weighted by atomic mass is 9.96. The van der Waals surface area contributed by atoms with Gasteiger partial charge < -0.3 is 0 Å². The molecule has 0 aliphatic rings. The molecule has 0 aliphatic carbocycles. The third-order valence-electron chi connectivity index (χ3n) is 5.97. The Morgan fingerprint density at radius 3 is 1.20 bits per heavy atom. The van der Waals surface area contributed by atoms with Crippen LogP contribution < -0.4 is 10.4 Å². The summed E-state index contributed by atoms with van der Waals surface area (Å²) in [5.41, 5.74) is 5.61. The number of hydrogen-bond donors (Lipinski definition) is 0. The van der Waals surface area contributed by atoms with Gasteiger partial charge in [-0.05, 0) is 82.0 Å². The topological polar surface area (TPSA) is 0 Å². The van der Waals surface area contributed by atoms with Gasteiger partial charge in [-0.15, -0.1) is 0 Å². The SMILES string of the molecule is CC(C)=c1cc/c(=c2\cccc\c2=c2\ccc(=C(C)C)c(C(C)C)c2)cc1C(C)C. The Morgan fingerprint density at radius 2 is 0.900 bits per heavy atom. The largest absolute Gasteiger partial charge is 0.0689 e. The van der Waals surface area contributed by atoms with E-state index in [2.05, 4.69) is 116 Å². The molecule has 0 bridgehead atoms. The highest BCUT2D eigenvalue weighted by molar-refractivity contribution is 5.44. The summed E-state index contributed by atoms with van der Waals surface area (Å²) >= 11 is 0. The van der Waals surface area contributed by atoms with E-state index >= 15 is 0 Å². The third-order valence-corrected chi connectivity index (χ3v) is 5.97. The molecular weight excluding hydrogens is 360 g/mol. The van der Waals surface area contributed by atoms with E-state index in [-0.39, 0.29) is 0 Å². The highest BCUT2D eigenvalue weighted by Crippen LogP contribution is 2.14. The van der Waals surface area contributed by atoms with Gasteiger partial charge in [0.2, 0.25) is 0 Å². The molecule has 0 heterocycles. The Morgan fingerprint density at radius 1 is 0.533 bits per heavy atom. The second-order valence-corrected chi connectivity index (χ2v) is 9.46. The highest BCUT2D eigenvalue weighted by atomic mass is 14.1. The van der Waals surface area contributed by atoms with E-state index in [0.717, 1.165) is 0 Å². The zero-order valence-electron chi connectivity index (χ0n) is 19.9. The van der Waals surface area contributed by atoms with Crippen LogP contribution in [0.4, 0.5) is 0 Å². The molecule has 0 atom stereocenters. The summed E-state index contributed by atoms with van der Waals surface area (Å²) in [6.07, 6.45) is 0. The fourth-order valence-electron chi connectivity index (χ4n) is 4.31. The number of hydrogen-bond acceptors (Lipinski definition) is 0. The van der Waals surface area contributed by atoms with Crippen LogP contribution in [0.1, 0.15) is 78.4 Å². The van der Waals surface area contributed by atoms with Crippen LogP contribution in [0.5, 0.6) is 0 Å². The molecule has 0 saturated heterocycles. The second kappa shape index (κ2) is 9.04. The van der Waals surface area contributed by atoms with Crippen LogP contribution in [0.15, 0.2) is 60.7 Å². The molecule has 0 aliphatic heterocycles. The minimum atomic E-state index is 0.497. The van der Waals surface area contributed by atoms with Crippen molar-refractivity contribution in [1.29, 1.82) is 0 Å². The lowest BCUT2D eigenvalue weighted by Gasteiger charge is -2.09. The quantitative estimate of drug-likeness (QED) is 0.442. The van der Waals surface area contributed by atoms with Crippen LogP contribution in [0.3, 0.4) is 0 Å². The highest BCUT2D eigenvalue weighted by Gasteiger charge is 2.04. The fraction of sp³-hybridized carbons (Fsp3) is 0.333. The van der Waals surface area contributed by atoms with E-state index in [9.17, 15) is 0 Å². The van der Waals surface area contributed by atoms with Crippen molar-refractivity contribution in [2.75, 3.05) is 0 Å². The Bertz CT molecular complexity index is 1250. The fourth-order valence-corrected chi connectivity index (χ4v) is 4.31. The van der Waals surface area contributed by atoms with Gasteiger partial charge in [-0.1, -0.05) is 99.5 Å². The maximum Gasteiger partial charge on any atom is -0.0105 e. The van der Waals surface area contributed by atoms with Crippen LogP contribution in [-0.4, -0.2) is 0 Å².